The van der Waals surface area contributed by atoms with Crippen LogP contribution in [-0.2, 0) is 11.8 Å². The summed E-state index contributed by atoms with van der Waals surface area (Å²) < 4.78 is 4.90. The van der Waals surface area contributed by atoms with E-state index in [9.17, 15) is 0 Å². The van der Waals surface area contributed by atoms with Crippen LogP contribution in [0.2, 0.25) is 0 Å². The molecule has 1 unspecified atom stereocenters. The molecule has 9 aromatic carbocycles. The van der Waals surface area contributed by atoms with E-state index in [1.807, 2.05) is 0 Å². The Balaban J connectivity index is 1.14. The fourth-order valence-corrected chi connectivity index (χ4v) is 10.6. The third-order valence-electron chi connectivity index (χ3n) is 13.4. The molecule has 0 saturated carbocycles. The van der Waals surface area contributed by atoms with Crippen molar-refractivity contribution in [3.8, 4) is 33.6 Å². The quantitative estimate of drug-likeness (QED) is 0.158. The molecule has 2 heteroatoms. The van der Waals surface area contributed by atoms with Gasteiger partial charge in [0.2, 0.25) is 0 Å². The average molecular weight is 817 g/mol. The highest BCUT2D eigenvalue weighted by Gasteiger charge is 2.40. The van der Waals surface area contributed by atoms with Crippen molar-refractivity contribution >= 4 is 43.6 Å². The zero-order chi connectivity index (χ0) is 42.6. The molecule has 0 bridgehead atoms. The summed E-state index contributed by atoms with van der Waals surface area (Å²) in [7, 11) is 0. The topological polar surface area (TPSA) is 9.86 Å². The van der Waals surface area contributed by atoms with E-state index in [0.29, 0.717) is 0 Å². The van der Waals surface area contributed by atoms with Crippen LogP contribution in [-0.4, -0.2) is 9.13 Å². The minimum absolute atomic E-state index is 0.638. The van der Waals surface area contributed by atoms with E-state index >= 15 is 0 Å². The number of para-hydroxylation sites is 3. The van der Waals surface area contributed by atoms with Gasteiger partial charge in [0.15, 0.2) is 0 Å². The molecule has 11 aromatic rings. The van der Waals surface area contributed by atoms with Crippen LogP contribution in [0.4, 0.5) is 0 Å². The van der Waals surface area contributed by atoms with E-state index in [1.165, 1.54) is 77.1 Å². The summed E-state index contributed by atoms with van der Waals surface area (Å²) in [4.78, 5) is 0. The van der Waals surface area contributed by atoms with Crippen molar-refractivity contribution in [2.75, 3.05) is 0 Å². The molecule has 1 aliphatic rings. The molecule has 1 aliphatic carbocycles. The van der Waals surface area contributed by atoms with Crippen molar-refractivity contribution in [2.24, 2.45) is 0 Å². The maximum atomic E-state index is 4.88. The van der Waals surface area contributed by atoms with Crippen molar-refractivity contribution in [3.05, 3.63) is 277 Å². The number of fused-ring (bicyclic) bond motifs is 7. The van der Waals surface area contributed by atoms with Gasteiger partial charge in [-0.25, -0.2) is 0 Å². The second-order valence-electron chi connectivity index (χ2n) is 16.9. The van der Waals surface area contributed by atoms with Crippen LogP contribution in [0.1, 0.15) is 22.3 Å². The van der Waals surface area contributed by atoms with Gasteiger partial charge in [0, 0.05) is 38.5 Å². The summed E-state index contributed by atoms with van der Waals surface area (Å²) in [5.41, 5.74) is 17.1. The number of aromatic nitrogens is 2. The maximum Gasteiger partial charge on any atom is 0.0698 e. The molecule has 0 spiro atoms. The number of benzene rings is 9. The predicted molar refractivity (Wildman–Crippen MR) is 270 cm³/mol. The maximum absolute atomic E-state index is 4.88. The summed E-state index contributed by atoms with van der Waals surface area (Å²) in [6.45, 7) is 4.88. The van der Waals surface area contributed by atoms with Gasteiger partial charge in [0.05, 0.1) is 27.5 Å². The van der Waals surface area contributed by atoms with Crippen LogP contribution >= 0.6 is 0 Å². The molecule has 2 aromatic heterocycles. The largest absolute Gasteiger partial charge is 0.309 e. The third kappa shape index (κ3) is 5.87. The molecule has 1 atom stereocenters. The minimum Gasteiger partial charge on any atom is -0.309 e. The number of hydrogen-bond donors (Lipinski definition) is 0. The lowest BCUT2D eigenvalue weighted by molar-refractivity contribution is 0.738. The molecule has 2 heterocycles. The van der Waals surface area contributed by atoms with Crippen molar-refractivity contribution < 1.29 is 0 Å². The van der Waals surface area contributed by atoms with Crippen molar-refractivity contribution in [3.63, 3.8) is 0 Å². The van der Waals surface area contributed by atoms with Crippen LogP contribution in [0.15, 0.2) is 255 Å². The van der Waals surface area contributed by atoms with E-state index in [-0.39, 0.29) is 0 Å². The lowest BCUT2D eigenvalue weighted by atomic mass is 9.63. The fourth-order valence-electron chi connectivity index (χ4n) is 10.6. The lowest BCUT2D eigenvalue weighted by Gasteiger charge is -2.38. The Morgan fingerprint density at radius 2 is 1.05 bits per heavy atom. The number of allylic oxidation sites excluding steroid dienone is 5. The van der Waals surface area contributed by atoms with Gasteiger partial charge < -0.3 is 9.13 Å². The van der Waals surface area contributed by atoms with Crippen molar-refractivity contribution in [2.45, 2.75) is 11.8 Å². The SMILES string of the molecule is C=C1/C=C\C=C/Cc2ccccc2C1(c1ccccc1)c1ccc2c(c1)c1ccc(-c3cccc4c5ccccc5n(-c5ccccc5)c34)cc1n2-c1ccc(-c2ccccc2)cc1. The molecule has 2 nitrogen and oxygen atoms in total. The van der Waals surface area contributed by atoms with Gasteiger partial charge in [0.1, 0.15) is 0 Å². The van der Waals surface area contributed by atoms with E-state index in [1.54, 1.807) is 0 Å². The Bertz CT molecular complexity index is 3620. The highest BCUT2D eigenvalue weighted by atomic mass is 15.0. The van der Waals surface area contributed by atoms with E-state index in [2.05, 4.69) is 252 Å². The Kier molecular flexibility index (Phi) is 8.98. The van der Waals surface area contributed by atoms with E-state index < -0.39 is 5.41 Å². The number of rotatable bonds is 6. The van der Waals surface area contributed by atoms with Crippen LogP contribution in [0.25, 0.3) is 77.2 Å². The van der Waals surface area contributed by atoms with Crippen LogP contribution in [0, 0.1) is 0 Å². The second-order valence-corrected chi connectivity index (χ2v) is 16.9. The molecular formula is C62H44N2. The summed E-state index contributed by atoms with van der Waals surface area (Å²) in [6.07, 6.45) is 9.59. The molecule has 64 heavy (non-hydrogen) atoms. The molecule has 0 aliphatic heterocycles. The highest BCUT2D eigenvalue weighted by Crippen LogP contribution is 2.49. The van der Waals surface area contributed by atoms with Gasteiger partial charge in [-0.15, -0.1) is 0 Å². The van der Waals surface area contributed by atoms with Gasteiger partial charge >= 0.3 is 0 Å². The zero-order valence-corrected chi connectivity index (χ0v) is 35.4. The van der Waals surface area contributed by atoms with Crippen LogP contribution in [0.5, 0.6) is 0 Å². The van der Waals surface area contributed by atoms with Crippen LogP contribution in [0.3, 0.4) is 0 Å². The van der Waals surface area contributed by atoms with Crippen molar-refractivity contribution in [1.82, 2.24) is 9.13 Å². The first-order valence-electron chi connectivity index (χ1n) is 22.2. The highest BCUT2D eigenvalue weighted by molar-refractivity contribution is 6.15. The van der Waals surface area contributed by atoms with Crippen LogP contribution < -0.4 is 0 Å². The Labute approximate surface area is 373 Å². The summed E-state index contributed by atoms with van der Waals surface area (Å²) in [5, 5.41) is 4.89. The molecule has 0 fully saturated rings. The summed E-state index contributed by atoms with van der Waals surface area (Å²) in [5.74, 6) is 0. The molecule has 0 radical (unpaired) electrons. The monoisotopic (exact) mass is 816 g/mol. The first kappa shape index (κ1) is 37.6. The van der Waals surface area contributed by atoms with E-state index in [0.717, 1.165) is 34.4 Å². The number of nitrogens with zero attached hydrogens (tertiary/aromatic N) is 2. The molecule has 0 N–H and O–H groups in total. The Hall–Kier alpha value is -8.20. The molecule has 0 saturated heterocycles. The first-order valence-corrected chi connectivity index (χ1v) is 22.2. The molecule has 302 valence electrons. The minimum atomic E-state index is -0.638. The normalized spacial score (nSPS) is 16.1. The molecular weight excluding hydrogens is 773 g/mol. The van der Waals surface area contributed by atoms with Gasteiger partial charge in [-0.2, -0.15) is 0 Å². The average Bonchev–Trinajstić information content (AvgIpc) is 3.89. The van der Waals surface area contributed by atoms with Gasteiger partial charge in [-0.05, 0) is 99.5 Å². The predicted octanol–water partition coefficient (Wildman–Crippen LogP) is 15.8. The Morgan fingerprint density at radius 1 is 0.406 bits per heavy atom. The second kappa shape index (κ2) is 15.3. The molecule has 0 amide bonds. The summed E-state index contributed by atoms with van der Waals surface area (Å²) >= 11 is 0. The lowest BCUT2D eigenvalue weighted by Crippen LogP contribution is -2.32. The smallest absolute Gasteiger partial charge is 0.0698 e. The fraction of sp³-hybridized carbons (Fsp3) is 0.0323. The third-order valence-corrected chi connectivity index (χ3v) is 13.4. The Morgan fingerprint density at radius 3 is 1.88 bits per heavy atom. The van der Waals surface area contributed by atoms with E-state index in [4.69, 9.17) is 6.58 Å². The summed E-state index contributed by atoms with van der Waals surface area (Å²) in [6, 6.07) is 80.1. The number of hydrogen-bond acceptors (Lipinski definition) is 0. The van der Waals surface area contributed by atoms with Gasteiger partial charge in [0.25, 0.3) is 0 Å². The molecule has 12 rings (SSSR count). The standard InChI is InChI=1S/C62H44N2/c1-43-19-6-2-9-22-46-23-14-16-31-57(46)62(43,48-24-10-4-11-25-48)49-36-40-59-56(42-49)54-39-35-47(41-60(54)63(59)51-37-33-45(34-38-51)44-20-7-3-8-21-44)52-29-18-30-55-53-28-15-17-32-58(53)64(61(52)55)50-26-12-5-13-27-50/h2-21,23-42H,1,22H2/b9-2-,19-6-. The zero-order valence-electron chi connectivity index (χ0n) is 35.4. The van der Waals surface area contributed by atoms with Gasteiger partial charge in [-0.1, -0.05) is 201 Å². The first-order chi connectivity index (χ1) is 31.7. The van der Waals surface area contributed by atoms with Gasteiger partial charge in [-0.3, -0.25) is 0 Å². The van der Waals surface area contributed by atoms with Crippen molar-refractivity contribution in [1.29, 1.82) is 0 Å².